The molecule has 0 spiro atoms. The van der Waals surface area contributed by atoms with Crippen molar-refractivity contribution in [2.75, 3.05) is 13.2 Å². The molecule has 4 heteroatoms. The fourth-order valence-corrected chi connectivity index (χ4v) is 2.53. The quantitative estimate of drug-likeness (QED) is 0.761. The molecule has 0 saturated carbocycles. The summed E-state index contributed by atoms with van der Waals surface area (Å²) < 4.78 is 5.66. The van der Waals surface area contributed by atoms with Gasteiger partial charge in [-0.25, -0.2) is 0 Å². The van der Waals surface area contributed by atoms with E-state index in [9.17, 15) is 9.90 Å². The van der Waals surface area contributed by atoms with Gasteiger partial charge in [-0.2, -0.15) is 0 Å². The van der Waals surface area contributed by atoms with Crippen molar-refractivity contribution in [3.63, 3.8) is 0 Å². The third-order valence-corrected chi connectivity index (χ3v) is 3.96. The van der Waals surface area contributed by atoms with E-state index in [2.05, 4.69) is 17.5 Å². The van der Waals surface area contributed by atoms with Gasteiger partial charge in [-0.3, -0.25) is 4.79 Å². The highest BCUT2D eigenvalue weighted by molar-refractivity contribution is 5.78. The van der Waals surface area contributed by atoms with Crippen LogP contribution in [0.25, 0.3) is 0 Å². The number of benzene rings is 1. The Hall–Kier alpha value is -1.65. The van der Waals surface area contributed by atoms with E-state index in [-0.39, 0.29) is 31.1 Å². The van der Waals surface area contributed by atoms with Crippen LogP contribution in [0.3, 0.4) is 0 Å². The van der Waals surface area contributed by atoms with Crippen molar-refractivity contribution in [2.45, 2.75) is 38.4 Å². The van der Waals surface area contributed by atoms with Crippen LogP contribution in [0.15, 0.2) is 42.5 Å². The van der Waals surface area contributed by atoms with Gasteiger partial charge in [0.1, 0.15) is 0 Å². The van der Waals surface area contributed by atoms with Gasteiger partial charge in [-0.1, -0.05) is 42.5 Å². The van der Waals surface area contributed by atoms with E-state index in [0.29, 0.717) is 0 Å². The van der Waals surface area contributed by atoms with Gasteiger partial charge in [0.2, 0.25) is 5.91 Å². The highest BCUT2D eigenvalue weighted by Gasteiger charge is 2.19. The number of allylic oxidation sites excluding steroid dienone is 2. The van der Waals surface area contributed by atoms with Crippen LogP contribution < -0.4 is 5.32 Å². The number of ether oxygens (including phenoxy) is 1. The molecular formula is C18H25NO3. The Morgan fingerprint density at radius 2 is 2.14 bits per heavy atom. The summed E-state index contributed by atoms with van der Waals surface area (Å²) in [4.78, 5) is 12.0. The molecule has 0 bridgehead atoms. The number of rotatable bonds is 7. The SMILES string of the molecule is C[C@H](OC[C@H](O)CNC(=O)[C@@H]1CC=CCC1)c1ccccc1. The predicted molar refractivity (Wildman–Crippen MR) is 86.3 cm³/mol. The van der Waals surface area contributed by atoms with Crippen LogP contribution in [-0.4, -0.2) is 30.3 Å². The van der Waals surface area contributed by atoms with Crippen molar-refractivity contribution in [3.05, 3.63) is 48.0 Å². The van der Waals surface area contributed by atoms with E-state index in [0.717, 1.165) is 24.8 Å². The zero-order valence-electron chi connectivity index (χ0n) is 13.1. The maximum Gasteiger partial charge on any atom is 0.223 e. The van der Waals surface area contributed by atoms with Gasteiger partial charge in [0.25, 0.3) is 0 Å². The molecule has 0 heterocycles. The van der Waals surface area contributed by atoms with Crippen LogP contribution in [0, 0.1) is 5.92 Å². The minimum absolute atomic E-state index is 0.0273. The zero-order chi connectivity index (χ0) is 15.8. The van der Waals surface area contributed by atoms with Gasteiger partial charge in [-0.05, 0) is 31.7 Å². The molecule has 4 nitrogen and oxygen atoms in total. The third kappa shape index (κ3) is 5.28. The second kappa shape index (κ2) is 8.71. The molecule has 120 valence electrons. The lowest BCUT2D eigenvalue weighted by Crippen LogP contribution is -2.38. The van der Waals surface area contributed by atoms with E-state index in [1.165, 1.54) is 0 Å². The molecule has 1 amide bonds. The molecule has 1 aromatic rings. The summed E-state index contributed by atoms with van der Waals surface area (Å²) in [5.41, 5.74) is 1.08. The van der Waals surface area contributed by atoms with Crippen LogP contribution >= 0.6 is 0 Å². The number of hydrogen-bond acceptors (Lipinski definition) is 3. The average molecular weight is 303 g/mol. The molecule has 0 unspecified atom stereocenters. The minimum Gasteiger partial charge on any atom is -0.389 e. The van der Waals surface area contributed by atoms with Crippen molar-refractivity contribution in [1.82, 2.24) is 5.32 Å². The maximum absolute atomic E-state index is 12.0. The van der Waals surface area contributed by atoms with Crippen molar-refractivity contribution < 1.29 is 14.6 Å². The maximum atomic E-state index is 12.0. The van der Waals surface area contributed by atoms with Crippen molar-refractivity contribution in [2.24, 2.45) is 5.92 Å². The number of nitrogens with one attached hydrogen (secondary N) is 1. The monoisotopic (exact) mass is 303 g/mol. The first-order valence-corrected chi connectivity index (χ1v) is 7.94. The number of carbonyl (C=O) groups is 1. The van der Waals surface area contributed by atoms with E-state index in [1.54, 1.807) is 0 Å². The Balaban J connectivity index is 1.66. The van der Waals surface area contributed by atoms with Crippen molar-refractivity contribution >= 4 is 5.91 Å². The molecule has 1 aliphatic rings. The Labute approximate surface area is 132 Å². The molecule has 0 aliphatic heterocycles. The zero-order valence-corrected chi connectivity index (χ0v) is 13.1. The van der Waals surface area contributed by atoms with Gasteiger partial charge < -0.3 is 15.2 Å². The lowest BCUT2D eigenvalue weighted by molar-refractivity contribution is -0.126. The first-order chi connectivity index (χ1) is 10.7. The molecule has 0 radical (unpaired) electrons. The number of aliphatic hydroxyl groups excluding tert-OH is 1. The van der Waals surface area contributed by atoms with Gasteiger partial charge >= 0.3 is 0 Å². The van der Waals surface area contributed by atoms with Crippen LogP contribution in [0.1, 0.15) is 37.9 Å². The molecule has 2 rings (SSSR count). The van der Waals surface area contributed by atoms with E-state index in [4.69, 9.17) is 4.74 Å². The lowest BCUT2D eigenvalue weighted by atomic mass is 9.94. The van der Waals surface area contributed by atoms with Gasteiger partial charge in [0.15, 0.2) is 0 Å². The first-order valence-electron chi connectivity index (χ1n) is 7.94. The molecular weight excluding hydrogens is 278 g/mol. The highest BCUT2D eigenvalue weighted by Crippen LogP contribution is 2.18. The minimum atomic E-state index is -0.686. The number of amides is 1. The fraction of sp³-hybridized carbons (Fsp3) is 0.500. The predicted octanol–water partition coefficient (Wildman–Crippen LogP) is 2.60. The van der Waals surface area contributed by atoms with E-state index >= 15 is 0 Å². The Kier molecular flexibility index (Phi) is 6.62. The second-order valence-electron chi connectivity index (χ2n) is 5.77. The summed E-state index contributed by atoms with van der Waals surface area (Å²) in [5.74, 6) is 0.0702. The topological polar surface area (TPSA) is 58.6 Å². The van der Waals surface area contributed by atoms with Gasteiger partial charge in [0, 0.05) is 12.5 Å². The Bertz CT molecular complexity index is 486. The summed E-state index contributed by atoms with van der Waals surface area (Å²) >= 11 is 0. The number of hydrogen-bond donors (Lipinski definition) is 2. The van der Waals surface area contributed by atoms with E-state index in [1.807, 2.05) is 37.3 Å². The van der Waals surface area contributed by atoms with Crippen molar-refractivity contribution in [3.8, 4) is 0 Å². The van der Waals surface area contributed by atoms with E-state index < -0.39 is 6.10 Å². The van der Waals surface area contributed by atoms with Gasteiger partial charge in [-0.15, -0.1) is 0 Å². The summed E-state index contributed by atoms with van der Waals surface area (Å²) in [7, 11) is 0. The summed E-state index contributed by atoms with van der Waals surface area (Å²) in [6.07, 6.45) is 6.04. The van der Waals surface area contributed by atoms with Crippen molar-refractivity contribution in [1.29, 1.82) is 0 Å². The standard InChI is InChI=1S/C18H25NO3/c1-14(15-8-4-2-5-9-15)22-13-17(20)12-19-18(21)16-10-6-3-7-11-16/h2-6,8-9,14,16-17,20H,7,10-13H2,1H3,(H,19,21)/t14-,16+,17+/m0/s1. The molecule has 0 aromatic heterocycles. The summed E-state index contributed by atoms with van der Waals surface area (Å²) in [6.45, 7) is 2.40. The normalized spacial score (nSPS) is 20.4. The van der Waals surface area contributed by atoms with Crippen LogP contribution in [0.4, 0.5) is 0 Å². The first kappa shape index (κ1) is 16.7. The van der Waals surface area contributed by atoms with Gasteiger partial charge in [0.05, 0.1) is 18.8 Å². The molecule has 0 fully saturated rings. The molecule has 2 N–H and O–H groups in total. The molecule has 1 aliphatic carbocycles. The van der Waals surface area contributed by atoms with Crippen LogP contribution in [0.5, 0.6) is 0 Å². The molecule has 0 saturated heterocycles. The molecule has 3 atom stereocenters. The number of carbonyl (C=O) groups excluding carboxylic acids is 1. The Morgan fingerprint density at radius 1 is 1.36 bits per heavy atom. The lowest BCUT2D eigenvalue weighted by Gasteiger charge is -2.20. The Morgan fingerprint density at radius 3 is 2.82 bits per heavy atom. The molecule has 1 aromatic carbocycles. The fourth-order valence-electron chi connectivity index (χ4n) is 2.53. The third-order valence-electron chi connectivity index (χ3n) is 3.96. The van der Waals surface area contributed by atoms with Crippen LogP contribution in [0.2, 0.25) is 0 Å². The average Bonchev–Trinajstić information content (AvgIpc) is 2.59. The smallest absolute Gasteiger partial charge is 0.223 e. The number of aliphatic hydroxyl groups is 1. The highest BCUT2D eigenvalue weighted by atomic mass is 16.5. The molecule has 22 heavy (non-hydrogen) atoms. The summed E-state index contributed by atoms with van der Waals surface area (Å²) in [6, 6.07) is 9.88. The summed E-state index contributed by atoms with van der Waals surface area (Å²) in [5, 5.41) is 12.8. The largest absolute Gasteiger partial charge is 0.389 e. The van der Waals surface area contributed by atoms with Crippen LogP contribution in [-0.2, 0) is 9.53 Å². The second-order valence-corrected chi connectivity index (χ2v) is 5.77.